The van der Waals surface area contributed by atoms with Gasteiger partial charge in [-0.05, 0) is 68.5 Å². The molecule has 1 unspecified atom stereocenters. The third kappa shape index (κ3) is 8.52. The highest BCUT2D eigenvalue weighted by Gasteiger charge is 2.35. The summed E-state index contributed by atoms with van der Waals surface area (Å²) in [6, 6.07) is 19.9. The maximum atomic E-state index is 14.2. The average Bonchev–Trinajstić information content (AvgIpc) is 3.00. The molecule has 2 amide bonds. The Bertz CT molecular complexity index is 1490. The van der Waals surface area contributed by atoms with E-state index in [4.69, 9.17) is 23.2 Å². The van der Waals surface area contributed by atoms with Gasteiger partial charge in [-0.1, -0.05) is 97.4 Å². The minimum atomic E-state index is -4.24. The monoisotopic (exact) mass is 643 g/mol. The second-order valence-corrected chi connectivity index (χ2v) is 13.7. The highest BCUT2D eigenvalue weighted by molar-refractivity contribution is 7.92. The van der Waals surface area contributed by atoms with Gasteiger partial charge in [0.15, 0.2) is 0 Å². The van der Waals surface area contributed by atoms with E-state index in [0.29, 0.717) is 12.8 Å². The summed E-state index contributed by atoms with van der Waals surface area (Å²) in [7, 11) is -4.24. The molecule has 0 spiro atoms. The van der Waals surface area contributed by atoms with Crippen LogP contribution in [0.4, 0.5) is 5.69 Å². The Morgan fingerprint density at radius 2 is 1.63 bits per heavy atom. The molecular weight excluding hydrogens is 605 g/mol. The molecule has 3 aromatic carbocycles. The minimum absolute atomic E-state index is 0.0138. The number of nitrogens with one attached hydrogen (secondary N) is 1. The van der Waals surface area contributed by atoms with Gasteiger partial charge in [0.25, 0.3) is 10.0 Å². The van der Waals surface area contributed by atoms with Gasteiger partial charge in [-0.15, -0.1) is 0 Å². The van der Waals surface area contributed by atoms with Gasteiger partial charge in [0.05, 0.1) is 15.6 Å². The van der Waals surface area contributed by atoms with E-state index in [9.17, 15) is 18.0 Å². The van der Waals surface area contributed by atoms with E-state index >= 15 is 0 Å². The van der Waals surface area contributed by atoms with Gasteiger partial charge in [-0.2, -0.15) is 0 Å². The van der Waals surface area contributed by atoms with Crippen LogP contribution < -0.4 is 9.62 Å². The largest absolute Gasteiger partial charge is 0.352 e. The van der Waals surface area contributed by atoms with Crippen molar-refractivity contribution in [2.75, 3.05) is 17.4 Å². The normalized spacial score (nSPS) is 14.6. The number of carbonyl (C=O) groups is 2. The molecule has 10 heteroatoms. The van der Waals surface area contributed by atoms with Crippen LogP contribution in [0.2, 0.25) is 10.0 Å². The van der Waals surface area contributed by atoms with Crippen molar-refractivity contribution in [2.24, 2.45) is 0 Å². The second-order valence-electron chi connectivity index (χ2n) is 11.0. The second kappa shape index (κ2) is 15.1. The number of nitrogens with zero attached hydrogens (tertiary/aromatic N) is 2. The minimum Gasteiger partial charge on any atom is -0.352 e. The Balaban J connectivity index is 1.70. The summed E-state index contributed by atoms with van der Waals surface area (Å²) in [6.07, 6.45) is 5.98. The lowest BCUT2D eigenvalue weighted by Crippen LogP contribution is -2.54. The van der Waals surface area contributed by atoms with Gasteiger partial charge in [0.1, 0.15) is 12.6 Å². The van der Waals surface area contributed by atoms with Crippen molar-refractivity contribution in [2.45, 2.75) is 75.8 Å². The van der Waals surface area contributed by atoms with Crippen LogP contribution in [0.25, 0.3) is 0 Å². The zero-order chi connectivity index (χ0) is 31.0. The fraction of sp³-hybridized carbons (Fsp3) is 0.394. The molecule has 230 valence electrons. The number of amides is 2. The first-order chi connectivity index (χ1) is 20.6. The van der Waals surface area contributed by atoms with Gasteiger partial charge in [0, 0.05) is 17.6 Å². The van der Waals surface area contributed by atoms with E-state index in [0.717, 1.165) is 47.5 Å². The van der Waals surface area contributed by atoms with Crippen molar-refractivity contribution in [1.82, 2.24) is 10.2 Å². The van der Waals surface area contributed by atoms with Crippen LogP contribution >= 0.6 is 23.2 Å². The number of carbonyl (C=O) groups excluding carboxylic acids is 2. The lowest BCUT2D eigenvalue weighted by molar-refractivity contribution is -0.140. The number of anilines is 1. The first kappa shape index (κ1) is 32.8. The number of aryl methyl sites for hydroxylation is 1. The summed E-state index contributed by atoms with van der Waals surface area (Å²) in [5.74, 6) is -0.724. The van der Waals surface area contributed by atoms with E-state index in [-0.39, 0.29) is 39.1 Å². The summed E-state index contributed by atoms with van der Waals surface area (Å²) in [5, 5.41) is 3.57. The SMILES string of the molecule is CCC(C(=O)NC1CCCCC1)N(CCc1ccccc1)C(=O)CN(c1cc(Cl)ccc1Cl)S(=O)(=O)c1ccc(C)cc1. The quantitative estimate of drug-likeness (QED) is 0.235. The van der Waals surface area contributed by atoms with Gasteiger partial charge in [-0.25, -0.2) is 8.42 Å². The predicted molar refractivity (Wildman–Crippen MR) is 173 cm³/mol. The van der Waals surface area contributed by atoms with Crippen LogP contribution in [0.3, 0.4) is 0 Å². The van der Waals surface area contributed by atoms with Crippen molar-refractivity contribution in [3.05, 3.63) is 94.0 Å². The van der Waals surface area contributed by atoms with Crippen molar-refractivity contribution in [3.8, 4) is 0 Å². The molecule has 0 aromatic heterocycles. The molecule has 1 fully saturated rings. The molecule has 0 heterocycles. The van der Waals surface area contributed by atoms with Crippen LogP contribution in [0.15, 0.2) is 77.7 Å². The predicted octanol–water partition coefficient (Wildman–Crippen LogP) is 6.80. The molecule has 0 aliphatic heterocycles. The van der Waals surface area contributed by atoms with Crippen molar-refractivity contribution in [1.29, 1.82) is 0 Å². The van der Waals surface area contributed by atoms with Gasteiger partial charge in [-0.3, -0.25) is 13.9 Å². The Hall–Kier alpha value is -3.07. The van der Waals surface area contributed by atoms with Crippen LogP contribution in [-0.4, -0.2) is 50.3 Å². The fourth-order valence-corrected chi connectivity index (χ4v) is 7.33. The van der Waals surface area contributed by atoms with Gasteiger partial charge in [0.2, 0.25) is 11.8 Å². The number of rotatable bonds is 12. The third-order valence-electron chi connectivity index (χ3n) is 7.89. The van der Waals surface area contributed by atoms with Crippen molar-refractivity contribution in [3.63, 3.8) is 0 Å². The van der Waals surface area contributed by atoms with Crippen LogP contribution in [0.5, 0.6) is 0 Å². The molecular formula is C33H39Cl2N3O4S. The maximum absolute atomic E-state index is 14.2. The van der Waals surface area contributed by atoms with E-state index in [1.807, 2.05) is 44.2 Å². The molecule has 4 rings (SSSR count). The zero-order valence-corrected chi connectivity index (χ0v) is 27.0. The summed E-state index contributed by atoms with van der Waals surface area (Å²) < 4.78 is 29.1. The molecule has 0 saturated heterocycles. The van der Waals surface area contributed by atoms with E-state index < -0.39 is 28.5 Å². The average molecular weight is 645 g/mol. The molecule has 1 saturated carbocycles. The number of benzene rings is 3. The summed E-state index contributed by atoms with van der Waals surface area (Å²) in [4.78, 5) is 29.4. The highest BCUT2D eigenvalue weighted by Crippen LogP contribution is 2.33. The Kier molecular flexibility index (Phi) is 11.5. The summed E-state index contributed by atoms with van der Waals surface area (Å²) in [5.41, 5.74) is 1.99. The van der Waals surface area contributed by atoms with Crippen molar-refractivity contribution < 1.29 is 18.0 Å². The molecule has 1 aliphatic carbocycles. The molecule has 0 radical (unpaired) electrons. The summed E-state index contributed by atoms with van der Waals surface area (Å²) in [6.45, 7) is 3.40. The first-order valence-corrected chi connectivity index (χ1v) is 17.0. The fourth-order valence-electron chi connectivity index (χ4n) is 5.47. The Morgan fingerprint density at radius 1 is 0.953 bits per heavy atom. The number of halogens is 2. The van der Waals surface area contributed by atoms with E-state index in [1.54, 1.807) is 18.2 Å². The smallest absolute Gasteiger partial charge is 0.264 e. The topological polar surface area (TPSA) is 86.8 Å². The van der Waals surface area contributed by atoms with Crippen LogP contribution in [0.1, 0.15) is 56.6 Å². The number of sulfonamides is 1. The number of hydrogen-bond acceptors (Lipinski definition) is 4. The lowest BCUT2D eigenvalue weighted by Gasteiger charge is -2.34. The Morgan fingerprint density at radius 3 is 2.28 bits per heavy atom. The molecule has 3 aromatic rings. The van der Waals surface area contributed by atoms with Crippen molar-refractivity contribution >= 4 is 50.7 Å². The number of hydrogen-bond donors (Lipinski definition) is 1. The lowest BCUT2D eigenvalue weighted by atomic mass is 9.95. The maximum Gasteiger partial charge on any atom is 0.264 e. The molecule has 1 N–H and O–H groups in total. The van der Waals surface area contributed by atoms with Crippen LogP contribution in [0, 0.1) is 6.92 Å². The van der Waals surface area contributed by atoms with E-state index in [2.05, 4.69) is 5.32 Å². The van der Waals surface area contributed by atoms with Crippen LogP contribution in [-0.2, 0) is 26.0 Å². The van der Waals surface area contributed by atoms with Gasteiger partial charge >= 0.3 is 0 Å². The highest BCUT2D eigenvalue weighted by atomic mass is 35.5. The standard InChI is InChI=1S/C33H39Cl2N3O4S/c1-3-30(33(40)36-27-12-8-5-9-13-27)37(21-20-25-10-6-4-7-11-25)32(39)23-38(31-22-26(34)16-19-29(31)35)43(41,42)28-17-14-24(2)15-18-28/h4,6-7,10-11,14-19,22,27,30H,3,5,8-9,12-13,20-21,23H2,1-2H3,(H,36,40). The summed E-state index contributed by atoms with van der Waals surface area (Å²) >= 11 is 12.8. The zero-order valence-electron chi connectivity index (χ0n) is 24.6. The van der Waals surface area contributed by atoms with E-state index in [1.165, 1.54) is 29.2 Å². The Labute approximate surface area is 265 Å². The van der Waals surface area contributed by atoms with Gasteiger partial charge < -0.3 is 10.2 Å². The molecule has 7 nitrogen and oxygen atoms in total. The molecule has 1 atom stereocenters. The third-order valence-corrected chi connectivity index (χ3v) is 10.2. The molecule has 0 bridgehead atoms. The molecule has 43 heavy (non-hydrogen) atoms. The molecule has 1 aliphatic rings. The first-order valence-electron chi connectivity index (χ1n) is 14.8.